The highest BCUT2D eigenvalue weighted by Crippen LogP contribution is 2.33. The quantitative estimate of drug-likeness (QED) is 0.382. The van der Waals surface area contributed by atoms with Crippen LogP contribution in [0.2, 0.25) is 0 Å². The second-order valence-corrected chi connectivity index (χ2v) is 7.53. The Hall–Kier alpha value is -4.26. The summed E-state index contributed by atoms with van der Waals surface area (Å²) in [4.78, 5) is 17.5. The van der Waals surface area contributed by atoms with E-state index in [0.717, 1.165) is 33.1 Å². The molecule has 5 aromatic rings. The molecule has 33 heavy (non-hydrogen) atoms. The minimum atomic E-state index is -0.489. The molecule has 2 aromatic heterocycles. The zero-order valence-electron chi connectivity index (χ0n) is 18.0. The number of benzene rings is 3. The summed E-state index contributed by atoms with van der Waals surface area (Å²) >= 11 is 0. The van der Waals surface area contributed by atoms with E-state index in [2.05, 4.69) is 10.3 Å². The van der Waals surface area contributed by atoms with Crippen molar-refractivity contribution in [3.63, 3.8) is 0 Å². The van der Waals surface area contributed by atoms with Crippen LogP contribution in [0.15, 0.2) is 79.0 Å². The van der Waals surface area contributed by atoms with Crippen molar-refractivity contribution in [2.45, 2.75) is 13.5 Å². The van der Waals surface area contributed by atoms with Crippen LogP contribution in [0.25, 0.3) is 33.1 Å². The number of nitrogens with zero attached hydrogens (tertiary/aromatic N) is 3. The Labute approximate surface area is 189 Å². The van der Waals surface area contributed by atoms with Gasteiger partial charge in [-0.2, -0.15) is 5.10 Å². The van der Waals surface area contributed by atoms with Crippen LogP contribution < -0.4 is 10.1 Å². The molecule has 0 aliphatic rings. The van der Waals surface area contributed by atoms with Crippen molar-refractivity contribution in [2.75, 3.05) is 11.9 Å². The Morgan fingerprint density at radius 3 is 2.61 bits per heavy atom. The van der Waals surface area contributed by atoms with Gasteiger partial charge in [0.2, 0.25) is 5.91 Å². The fraction of sp³-hybridized carbons (Fsp3) is 0.115. The number of anilines is 1. The minimum Gasteiger partial charge on any atom is -0.494 e. The van der Waals surface area contributed by atoms with Crippen LogP contribution in [-0.4, -0.2) is 27.3 Å². The molecule has 0 radical (unpaired) electrons. The monoisotopic (exact) mass is 440 g/mol. The maximum atomic E-state index is 14.0. The van der Waals surface area contributed by atoms with Gasteiger partial charge in [-0.05, 0) is 37.3 Å². The molecule has 0 atom stereocenters. The van der Waals surface area contributed by atoms with Gasteiger partial charge in [0.1, 0.15) is 23.8 Å². The number of pyridine rings is 1. The number of para-hydroxylation sites is 1. The number of rotatable bonds is 6. The van der Waals surface area contributed by atoms with Crippen LogP contribution >= 0.6 is 0 Å². The Bertz CT molecular complexity index is 1460. The Morgan fingerprint density at radius 1 is 1.03 bits per heavy atom. The van der Waals surface area contributed by atoms with Crippen LogP contribution in [0.3, 0.4) is 0 Å². The number of hydrogen-bond donors (Lipinski definition) is 1. The molecule has 0 saturated carbocycles. The summed E-state index contributed by atoms with van der Waals surface area (Å²) in [6.45, 7) is 2.37. The Balaban J connectivity index is 1.65. The molecule has 5 rings (SSSR count). The lowest BCUT2D eigenvalue weighted by atomic mass is 10.1. The number of aromatic nitrogens is 3. The van der Waals surface area contributed by atoms with Crippen molar-refractivity contribution >= 4 is 33.4 Å². The molecule has 0 spiro atoms. The van der Waals surface area contributed by atoms with E-state index in [4.69, 9.17) is 9.84 Å². The lowest BCUT2D eigenvalue weighted by molar-refractivity contribution is -0.116. The zero-order chi connectivity index (χ0) is 22.8. The fourth-order valence-corrected chi connectivity index (χ4v) is 3.90. The van der Waals surface area contributed by atoms with Gasteiger partial charge in [0.15, 0.2) is 0 Å². The molecule has 6 nitrogen and oxygen atoms in total. The van der Waals surface area contributed by atoms with Crippen LogP contribution in [0, 0.1) is 5.82 Å². The normalized spacial score (nSPS) is 11.1. The van der Waals surface area contributed by atoms with E-state index in [1.807, 2.05) is 55.5 Å². The van der Waals surface area contributed by atoms with E-state index >= 15 is 0 Å². The summed E-state index contributed by atoms with van der Waals surface area (Å²) in [6.07, 6.45) is 1.78. The summed E-state index contributed by atoms with van der Waals surface area (Å²) in [7, 11) is 0. The molecular formula is C26H21FN4O2. The highest BCUT2D eigenvalue weighted by molar-refractivity contribution is 6.09. The van der Waals surface area contributed by atoms with Crippen LogP contribution in [0.5, 0.6) is 5.75 Å². The van der Waals surface area contributed by atoms with Crippen molar-refractivity contribution in [3.8, 4) is 17.0 Å². The molecule has 0 aliphatic heterocycles. The first kappa shape index (κ1) is 20.6. The molecule has 0 unspecified atom stereocenters. The highest BCUT2D eigenvalue weighted by Gasteiger charge is 2.18. The summed E-state index contributed by atoms with van der Waals surface area (Å²) < 4.78 is 21.4. The van der Waals surface area contributed by atoms with Crippen LogP contribution in [-0.2, 0) is 11.3 Å². The molecule has 0 bridgehead atoms. The number of carbonyl (C=O) groups is 1. The van der Waals surface area contributed by atoms with Crippen LogP contribution in [0.4, 0.5) is 10.1 Å². The number of halogens is 1. The second kappa shape index (κ2) is 8.70. The molecule has 3 aromatic carbocycles. The average molecular weight is 440 g/mol. The van der Waals surface area contributed by atoms with Crippen molar-refractivity contribution in [1.29, 1.82) is 0 Å². The topological polar surface area (TPSA) is 69.0 Å². The van der Waals surface area contributed by atoms with E-state index in [1.54, 1.807) is 23.0 Å². The predicted molar refractivity (Wildman–Crippen MR) is 127 cm³/mol. The number of carbonyl (C=O) groups excluding carboxylic acids is 1. The van der Waals surface area contributed by atoms with E-state index in [9.17, 15) is 9.18 Å². The predicted octanol–water partition coefficient (Wildman–Crippen LogP) is 5.43. The largest absolute Gasteiger partial charge is 0.494 e. The second-order valence-electron chi connectivity index (χ2n) is 7.53. The lowest BCUT2D eigenvalue weighted by Crippen LogP contribution is -2.20. The first-order valence-corrected chi connectivity index (χ1v) is 10.7. The molecule has 164 valence electrons. The molecule has 1 N–H and O–H groups in total. The van der Waals surface area contributed by atoms with Gasteiger partial charge in [0.05, 0.1) is 23.3 Å². The fourth-order valence-electron chi connectivity index (χ4n) is 3.90. The van der Waals surface area contributed by atoms with Crippen molar-refractivity contribution in [2.24, 2.45) is 0 Å². The number of hydrogen-bond acceptors (Lipinski definition) is 4. The maximum absolute atomic E-state index is 14.0. The zero-order valence-corrected chi connectivity index (χ0v) is 18.0. The third-order valence-electron chi connectivity index (χ3n) is 5.34. The van der Waals surface area contributed by atoms with Gasteiger partial charge >= 0.3 is 0 Å². The van der Waals surface area contributed by atoms with Gasteiger partial charge in [0, 0.05) is 22.5 Å². The van der Waals surface area contributed by atoms with Crippen molar-refractivity contribution in [1.82, 2.24) is 14.8 Å². The van der Waals surface area contributed by atoms with E-state index in [0.29, 0.717) is 12.4 Å². The van der Waals surface area contributed by atoms with Gasteiger partial charge in [-0.15, -0.1) is 0 Å². The molecule has 7 heteroatoms. The third-order valence-corrected chi connectivity index (χ3v) is 5.34. The minimum absolute atomic E-state index is 0.0877. The van der Waals surface area contributed by atoms with Crippen molar-refractivity contribution in [3.05, 3.63) is 84.8 Å². The molecule has 0 saturated heterocycles. The first-order chi connectivity index (χ1) is 16.1. The highest BCUT2D eigenvalue weighted by atomic mass is 19.1. The van der Waals surface area contributed by atoms with Gasteiger partial charge in [0.25, 0.3) is 0 Å². The van der Waals surface area contributed by atoms with Crippen molar-refractivity contribution < 1.29 is 13.9 Å². The number of fused-ring (bicyclic) bond motifs is 3. The van der Waals surface area contributed by atoms with E-state index < -0.39 is 5.82 Å². The molecule has 2 heterocycles. The standard InChI is InChI=1S/C26H21FN4O2/c1-2-33-18-12-13-22-19(14-18)26-20(15-28-22)25(17-8-4-3-5-9-17)30-31(26)16-24(32)29-23-11-7-6-10-21(23)27/h3-15H,2,16H2,1H3,(H,29,32). The van der Waals surface area contributed by atoms with Gasteiger partial charge in [-0.1, -0.05) is 42.5 Å². The summed E-state index contributed by atoms with van der Waals surface area (Å²) in [6, 6.07) is 21.5. The van der Waals surface area contributed by atoms with E-state index in [-0.39, 0.29) is 18.1 Å². The van der Waals surface area contributed by atoms with Gasteiger partial charge < -0.3 is 10.1 Å². The molecule has 0 aliphatic carbocycles. The SMILES string of the molecule is CCOc1ccc2ncc3c(-c4ccccc4)nn(CC(=O)Nc4ccccc4F)c3c2c1. The van der Waals surface area contributed by atoms with Gasteiger partial charge in [-0.25, -0.2) is 4.39 Å². The molecule has 1 amide bonds. The number of nitrogens with one attached hydrogen (secondary N) is 1. The smallest absolute Gasteiger partial charge is 0.246 e. The van der Waals surface area contributed by atoms with Gasteiger partial charge in [-0.3, -0.25) is 14.5 Å². The van der Waals surface area contributed by atoms with E-state index in [1.165, 1.54) is 12.1 Å². The Morgan fingerprint density at radius 2 is 1.82 bits per heavy atom. The average Bonchev–Trinajstić information content (AvgIpc) is 3.20. The summed E-state index contributed by atoms with van der Waals surface area (Å²) in [5.74, 6) is -0.156. The number of ether oxygens (including phenoxy) is 1. The molecular weight excluding hydrogens is 419 g/mol. The maximum Gasteiger partial charge on any atom is 0.246 e. The van der Waals surface area contributed by atoms with Crippen LogP contribution in [0.1, 0.15) is 6.92 Å². The number of amides is 1. The summed E-state index contributed by atoms with van der Waals surface area (Å²) in [5.41, 5.74) is 3.30. The Kier molecular flexibility index (Phi) is 5.44. The lowest BCUT2D eigenvalue weighted by Gasteiger charge is -2.09. The summed E-state index contributed by atoms with van der Waals surface area (Å²) in [5, 5.41) is 9.05. The third kappa shape index (κ3) is 4.01. The first-order valence-electron chi connectivity index (χ1n) is 10.7. The molecule has 0 fully saturated rings.